The Morgan fingerprint density at radius 1 is 1.23 bits per heavy atom. The molecule has 2 aromatic rings. The first-order chi connectivity index (χ1) is 12.2. The van der Waals surface area contributed by atoms with Gasteiger partial charge in [0.25, 0.3) is 5.91 Å². The van der Waals surface area contributed by atoms with Gasteiger partial charge in [0.2, 0.25) is 0 Å². The third-order valence-electron chi connectivity index (χ3n) is 3.60. The van der Waals surface area contributed by atoms with Crippen molar-refractivity contribution in [3.05, 3.63) is 44.8 Å². The molecule has 1 aromatic heterocycles. The fourth-order valence-electron chi connectivity index (χ4n) is 2.14. The van der Waals surface area contributed by atoms with Crippen LogP contribution in [0.4, 0.5) is 10.7 Å². The van der Waals surface area contributed by atoms with E-state index in [1.807, 2.05) is 6.92 Å². The van der Waals surface area contributed by atoms with E-state index >= 15 is 0 Å². The van der Waals surface area contributed by atoms with Crippen molar-refractivity contribution < 1.29 is 23.9 Å². The summed E-state index contributed by atoms with van der Waals surface area (Å²) < 4.78 is 9.70. The number of esters is 2. The van der Waals surface area contributed by atoms with E-state index in [0.29, 0.717) is 10.0 Å². The summed E-state index contributed by atoms with van der Waals surface area (Å²) >= 11 is 7.06. The number of nitrogens with two attached hydrogens (primary N) is 1. The zero-order chi connectivity index (χ0) is 19.4. The highest BCUT2D eigenvalue weighted by Crippen LogP contribution is 2.32. The van der Waals surface area contributed by atoms with E-state index in [-0.39, 0.29) is 16.8 Å². The number of hydrogen-bond acceptors (Lipinski definition) is 7. The second-order valence-electron chi connectivity index (χ2n) is 5.33. The van der Waals surface area contributed by atoms with Crippen LogP contribution >= 0.6 is 22.9 Å². The molecule has 0 spiro atoms. The number of rotatable bonds is 5. The van der Waals surface area contributed by atoms with Gasteiger partial charge in [-0.05, 0) is 37.6 Å². The Morgan fingerprint density at radius 2 is 1.92 bits per heavy atom. The highest BCUT2D eigenvalue weighted by atomic mass is 35.5. The molecule has 9 heteroatoms. The lowest BCUT2D eigenvalue weighted by molar-refractivity contribution is -0.119. The Hall–Kier alpha value is -2.58. The summed E-state index contributed by atoms with van der Waals surface area (Å²) in [4.78, 5) is 36.9. The summed E-state index contributed by atoms with van der Waals surface area (Å²) in [6.07, 6.45) is 0. The van der Waals surface area contributed by atoms with Gasteiger partial charge in [0.05, 0.1) is 18.2 Å². The minimum Gasteiger partial charge on any atom is -0.465 e. The third-order valence-corrected chi connectivity index (χ3v) is 4.96. The normalized spacial score (nSPS) is 10.3. The van der Waals surface area contributed by atoms with Crippen LogP contribution in [0.15, 0.2) is 18.2 Å². The number of ether oxygens (including phenoxy) is 2. The van der Waals surface area contributed by atoms with Crippen LogP contribution in [-0.2, 0) is 14.3 Å². The number of carbonyl (C=O) groups is 3. The van der Waals surface area contributed by atoms with Crippen LogP contribution in [0.5, 0.6) is 0 Å². The first kappa shape index (κ1) is 19.7. The molecule has 1 heterocycles. The Morgan fingerprint density at radius 3 is 2.58 bits per heavy atom. The van der Waals surface area contributed by atoms with Gasteiger partial charge in [0.1, 0.15) is 5.00 Å². The Balaban J connectivity index is 2.06. The number of carbonyl (C=O) groups excluding carboxylic acids is 3. The number of hydrogen-bond donors (Lipinski definition) is 2. The number of anilines is 2. The van der Waals surface area contributed by atoms with Gasteiger partial charge in [0, 0.05) is 15.6 Å². The maximum atomic E-state index is 12.1. The molecule has 7 nitrogen and oxygen atoms in total. The average Bonchev–Trinajstić information content (AvgIpc) is 2.88. The van der Waals surface area contributed by atoms with Crippen LogP contribution in [0.25, 0.3) is 0 Å². The van der Waals surface area contributed by atoms with Gasteiger partial charge in [-0.1, -0.05) is 11.6 Å². The van der Waals surface area contributed by atoms with E-state index in [1.54, 1.807) is 6.92 Å². The summed E-state index contributed by atoms with van der Waals surface area (Å²) in [7, 11) is 1.26. The van der Waals surface area contributed by atoms with Gasteiger partial charge in [0.15, 0.2) is 6.61 Å². The predicted octanol–water partition coefficient (Wildman–Crippen LogP) is 3.18. The quantitative estimate of drug-likeness (QED) is 0.593. The number of thiophene rings is 1. The maximum Gasteiger partial charge on any atom is 0.341 e. The highest BCUT2D eigenvalue weighted by molar-refractivity contribution is 7.16. The Labute approximate surface area is 159 Å². The number of halogens is 1. The van der Waals surface area contributed by atoms with Crippen molar-refractivity contribution in [1.29, 1.82) is 0 Å². The minimum absolute atomic E-state index is 0.0726. The number of nitrogen functional groups attached to an aromatic ring is 1. The molecule has 0 fully saturated rings. The van der Waals surface area contributed by atoms with Crippen molar-refractivity contribution in [2.75, 3.05) is 24.8 Å². The third kappa shape index (κ3) is 4.33. The average molecular weight is 397 g/mol. The van der Waals surface area contributed by atoms with Crippen molar-refractivity contribution in [2.45, 2.75) is 13.8 Å². The number of amides is 1. The number of methoxy groups -OCH3 is 1. The molecule has 0 bridgehead atoms. The van der Waals surface area contributed by atoms with Gasteiger partial charge < -0.3 is 20.5 Å². The second kappa shape index (κ2) is 8.20. The monoisotopic (exact) mass is 396 g/mol. The maximum absolute atomic E-state index is 12.1. The molecule has 0 aliphatic carbocycles. The van der Waals surface area contributed by atoms with E-state index < -0.39 is 24.5 Å². The van der Waals surface area contributed by atoms with Crippen molar-refractivity contribution in [3.8, 4) is 0 Å². The van der Waals surface area contributed by atoms with E-state index in [2.05, 4.69) is 5.32 Å². The molecule has 0 radical (unpaired) electrons. The standard InChI is InChI=1S/C17H17ClN2O5S/c1-8-9(2)26-15(14(8)17(23)24-3)20-13(21)7-25-16(22)11-6-10(18)4-5-12(11)19/h4-6H,7,19H2,1-3H3,(H,20,21). The van der Waals surface area contributed by atoms with E-state index in [1.165, 1.54) is 36.6 Å². The van der Waals surface area contributed by atoms with Crippen LogP contribution < -0.4 is 11.1 Å². The molecule has 2 rings (SSSR count). The number of nitrogens with one attached hydrogen (secondary N) is 1. The molecule has 0 unspecified atom stereocenters. The van der Waals surface area contributed by atoms with E-state index in [4.69, 9.17) is 26.8 Å². The van der Waals surface area contributed by atoms with Gasteiger partial charge in [-0.2, -0.15) is 0 Å². The second-order valence-corrected chi connectivity index (χ2v) is 7.00. The van der Waals surface area contributed by atoms with Gasteiger partial charge in [-0.25, -0.2) is 9.59 Å². The predicted molar refractivity (Wildman–Crippen MR) is 99.9 cm³/mol. The van der Waals surface area contributed by atoms with E-state index in [0.717, 1.165) is 10.4 Å². The van der Waals surface area contributed by atoms with Crippen molar-refractivity contribution in [1.82, 2.24) is 0 Å². The van der Waals surface area contributed by atoms with Crippen LogP contribution in [0.2, 0.25) is 5.02 Å². The summed E-state index contributed by atoms with van der Waals surface area (Å²) in [5.41, 5.74) is 6.97. The molecule has 0 saturated heterocycles. The smallest absolute Gasteiger partial charge is 0.341 e. The van der Waals surface area contributed by atoms with Crippen LogP contribution in [0.1, 0.15) is 31.2 Å². The zero-order valence-corrected chi connectivity index (χ0v) is 15.9. The van der Waals surface area contributed by atoms with E-state index in [9.17, 15) is 14.4 Å². The fourth-order valence-corrected chi connectivity index (χ4v) is 3.38. The topological polar surface area (TPSA) is 108 Å². The van der Waals surface area contributed by atoms with Crippen molar-refractivity contribution >= 4 is 51.5 Å². The molecule has 0 aliphatic heterocycles. The largest absolute Gasteiger partial charge is 0.465 e. The molecule has 1 amide bonds. The molecule has 138 valence electrons. The summed E-state index contributed by atoms with van der Waals surface area (Å²) in [6, 6.07) is 4.37. The van der Waals surface area contributed by atoms with Gasteiger partial charge in [-0.3, -0.25) is 4.79 Å². The fraction of sp³-hybridized carbons (Fsp3) is 0.235. The summed E-state index contributed by atoms with van der Waals surface area (Å²) in [6.45, 7) is 3.04. The first-order valence-corrected chi connectivity index (χ1v) is 8.64. The molecular weight excluding hydrogens is 380 g/mol. The molecular formula is C17H17ClN2O5S. The Bertz CT molecular complexity index is 878. The lowest BCUT2D eigenvalue weighted by atomic mass is 10.1. The lowest BCUT2D eigenvalue weighted by Crippen LogP contribution is -2.22. The molecule has 0 atom stereocenters. The summed E-state index contributed by atoms with van der Waals surface area (Å²) in [5.74, 6) is -1.91. The zero-order valence-electron chi connectivity index (χ0n) is 14.3. The van der Waals surface area contributed by atoms with Crippen LogP contribution in [-0.4, -0.2) is 31.6 Å². The lowest BCUT2D eigenvalue weighted by Gasteiger charge is -2.08. The molecule has 3 N–H and O–H groups in total. The minimum atomic E-state index is -0.771. The van der Waals surface area contributed by atoms with Gasteiger partial charge >= 0.3 is 11.9 Å². The molecule has 0 aliphatic rings. The number of benzene rings is 1. The van der Waals surface area contributed by atoms with Crippen molar-refractivity contribution in [2.24, 2.45) is 0 Å². The summed E-state index contributed by atoms with van der Waals surface area (Å²) in [5, 5.41) is 3.23. The molecule has 26 heavy (non-hydrogen) atoms. The first-order valence-electron chi connectivity index (χ1n) is 7.45. The van der Waals surface area contributed by atoms with Crippen molar-refractivity contribution in [3.63, 3.8) is 0 Å². The Kier molecular flexibility index (Phi) is 6.23. The number of aryl methyl sites for hydroxylation is 1. The van der Waals surface area contributed by atoms with Gasteiger partial charge in [-0.15, -0.1) is 11.3 Å². The van der Waals surface area contributed by atoms with Crippen LogP contribution in [0.3, 0.4) is 0 Å². The molecule has 0 saturated carbocycles. The SMILES string of the molecule is COC(=O)c1c(NC(=O)COC(=O)c2cc(Cl)ccc2N)sc(C)c1C. The van der Waals surface area contributed by atoms with Crippen LogP contribution in [0, 0.1) is 13.8 Å². The highest BCUT2D eigenvalue weighted by Gasteiger charge is 2.22. The molecule has 1 aromatic carbocycles.